The number of H-pyrrole nitrogens is 1. The number of phenols is 1. The maximum Gasteiger partial charge on any atom is 0.240 e. The first-order valence-corrected chi connectivity index (χ1v) is 13.6. The van der Waals surface area contributed by atoms with Crippen molar-refractivity contribution in [2.24, 2.45) is 5.73 Å². The fraction of sp³-hybridized carbons (Fsp3) is 0.312. The number of amides is 2. The Hall–Kier alpha value is -4.46. The van der Waals surface area contributed by atoms with E-state index in [1.54, 1.807) is 36.7 Å². The van der Waals surface area contributed by atoms with Gasteiger partial charge in [0.1, 0.15) is 17.5 Å². The number of rotatable bonds is 11. The van der Waals surface area contributed by atoms with Gasteiger partial charge in [-0.2, -0.15) is 5.10 Å². The molecule has 2 heterocycles. The van der Waals surface area contributed by atoms with E-state index >= 15 is 0 Å². The fourth-order valence-corrected chi connectivity index (χ4v) is 4.61. The first-order chi connectivity index (χ1) is 19.1. The first kappa shape index (κ1) is 28.5. The summed E-state index contributed by atoms with van der Waals surface area (Å²) in [6.45, 7) is 6.60. The Morgan fingerprint density at radius 3 is 2.30 bits per heavy atom. The summed E-state index contributed by atoms with van der Waals surface area (Å²) < 4.78 is 2.10. The number of aromatic nitrogens is 3. The van der Waals surface area contributed by atoms with E-state index in [9.17, 15) is 14.7 Å². The number of primary amides is 1. The number of benzene rings is 2. The van der Waals surface area contributed by atoms with Gasteiger partial charge >= 0.3 is 0 Å². The van der Waals surface area contributed by atoms with Crippen LogP contribution >= 0.6 is 0 Å². The molecule has 0 saturated carbocycles. The zero-order valence-electron chi connectivity index (χ0n) is 23.4. The molecule has 4 rings (SSSR count). The number of nitrogens with one attached hydrogen (secondary N) is 2. The number of aromatic hydroxyl groups is 1. The molecule has 0 unspecified atom stereocenters. The van der Waals surface area contributed by atoms with E-state index in [0.29, 0.717) is 12.8 Å². The van der Waals surface area contributed by atoms with E-state index in [1.807, 2.05) is 12.1 Å². The standard InChI is InChI=1S/C32H37N5O3/c1-32(2,3)24-10-12-25(13-11-24)37-26(21-28(36-37)23-16-18-34-19-17-23)6-4-5-7-30(39)35-29(31(33)40)20-22-8-14-27(38)15-9-22/h8-19,21,29H,4-7,20H2,1-3H3,(H4,33,35,38,39,40)/p+1/t29-/m0/s1. The number of unbranched alkanes of at least 4 members (excludes halogenated alkanes) is 1. The average Bonchev–Trinajstić information content (AvgIpc) is 3.36. The Labute approximate surface area is 235 Å². The van der Waals surface area contributed by atoms with Crippen molar-refractivity contribution in [3.05, 3.63) is 95.9 Å². The van der Waals surface area contributed by atoms with Crippen molar-refractivity contribution in [1.82, 2.24) is 15.4 Å². The van der Waals surface area contributed by atoms with Gasteiger partial charge in [-0.3, -0.25) is 14.6 Å². The average molecular weight is 541 g/mol. The Morgan fingerprint density at radius 2 is 1.68 bits per heavy atom. The predicted octanol–water partition coefficient (Wildman–Crippen LogP) is 4.28. The number of carbonyl (C=O) groups is 2. The molecule has 0 fully saturated rings. The molecule has 8 nitrogen and oxygen atoms in total. The number of phenolic OH excluding ortho intramolecular Hbond substituents is 1. The molecule has 4 aromatic rings. The van der Waals surface area contributed by atoms with E-state index < -0.39 is 11.9 Å². The van der Waals surface area contributed by atoms with Crippen LogP contribution in [0.3, 0.4) is 0 Å². The molecule has 0 aliphatic heterocycles. The van der Waals surface area contributed by atoms with Gasteiger partial charge < -0.3 is 16.2 Å². The lowest BCUT2D eigenvalue weighted by Gasteiger charge is -2.18. The topological polar surface area (TPSA) is 125 Å². The van der Waals surface area contributed by atoms with Crippen LogP contribution in [-0.4, -0.2) is 33.0 Å². The third-order valence-corrected chi connectivity index (χ3v) is 6.95. The van der Waals surface area contributed by atoms with Crippen LogP contribution in [0.25, 0.3) is 16.9 Å². The lowest BCUT2D eigenvalue weighted by Crippen LogP contribution is -2.45. The third-order valence-electron chi connectivity index (χ3n) is 6.95. The van der Waals surface area contributed by atoms with E-state index in [1.165, 1.54) is 5.56 Å². The molecule has 2 amide bonds. The van der Waals surface area contributed by atoms with Crippen molar-refractivity contribution in [2.45, 2.75) is 64.3 Å². The summed E-state index contributed by atoms with van der Waals surface area (Å²) in [4.78, 5) is 28.7. The molecule has 0 aliphatic rings. The van der Waals surface area contributed by atoms with Crippen LogP contribution in [0.1, 0.15) is 56.9 Å². The van der Waals surface area contributed by atoms with Crippen molar-refractivity contribution >= 4 is 11.8 Å². The second-order valence-electron chi connectivity index (χ2n) is 11.1. The number of aromatic amines is 1. The zero-order chi connectivity index (χ0) is 28.7. The molecular formula is C32H38N5O3+. The van der Waals surface area contributed by atoms with Crippen LogP contribution in [0.4, 0.5) is 0 Å². The molecule has 2 aromatic heterocycles. The second kappa shape index (κ2) is 12.6. The van der Waals surface area contributed by atoms with Crippen molar-refractivity contribution in [1.29, 1.82) is 0 Å². The molecule has 1 atom stereocenters. The minimum atomic E-state index is -0.803. The van der Waals surface area contributed by atoms with E-state index in [0.717, 1.165) is 41.0 Å². The fourth-order valence-electron chi connectivity index (χ4n) is 4.61. The van der Waals surface area contributed by atoms with E-state index in [4.69, 9.17) is 5.73 Å². The molecule has 5 N–H and O–H groups in total. The molecular weight excluding hydrogens is 502 g/mol. The van der Waals surface area contributed by atoms with Gasteiger partial charge in [0.05, 0.1) is 0 Å². The lowest BCUT2D eigenvalue weighted by atomic mass is 9.87. The zero-order valence-corrected chi connectivity index (χ0v) is 23.4. The molecule has 0 bridgehead atoms. The summed E-state index contributed by atoms with van der Waals surface area (Å²) in [7, 11) is 0. The summed E-state index contributed by atoms with van der Waals surface area (Å²) in [5.74, 6) is -0.655. The summed E-state index contributed by atoms with van der Waals surface area (Å²) in [6.07, 6.45) is 6.34. The van der Waals surface area contributed by atoms with Gasteiger partial charge in [0, 0.05) is 55.4 Å². The van der Waals surface area contributed by atoms with Gasteiger partial charge in [-0.1, -0.05) is 49.7 Å². The monoisotopic (exact) mass is 540 g/mol. The molecule has 2 aromatic carbocycles. The Bertz CT molecular complexity index is 1420. The van der Waals surface area contributed by atoms with E-state index in [-0.39, 0.29) is 23.5 Å². The maximum absolute atomic E-state index is 12.6. The van der Waals surface area contributed by atoms with Crippen LogP contribution in [0.15, 0.2) is 79.1 Å². The number of hydrogen-bond donors (Lipinski definition) is 4. The highest BCUT2D eigenvalue weighted by molar-refractivity contribution is 5.86. The third kappa shape index (κ3) is 7.56. The van der Waals surface area contributed by atoms with Gasteiger partial charge in [0.2, 0.25) is 23.2 Å². The minimum absolute atomic E-state index is 0.0715. The summed E-state index contributed by atoms with van der Waals surface area (Å²) in [5.41, 5.74) is 11.9. The van der Waals surface area contributed by atoms with Crippen LogP contribution in [0.2, 0.25) is 0 Å². The van der Waals surface area contributed by atoms with Crippen molar-refractivity contribution in [2.75, 3.05) is 0 Å². The van der Waals surface area contributed by atoms with Gasteiger partial charge in [-0.15, -0.1) is 0 Å². The van der Waals surface area contributed by atoms with Crippen molar-refractivity contribution in [3.63, 3.8) is 0 Å². The highest BCUT2D eigenvalue weighted by atomic mass is 16.3. The highest BCUT2D eigenvalue weighted by Gasteiger charge is 2.22. The normalized spacial score (nSPS) is 12.2. The smallest absolute Gasteiger partial charge is 0.240 e. The molecule has 8 heteroatoms. The van der Waals surface area contributed by atoms with Gasteiger partial charge in [-0.25, -0.2) is 0 Å². The lowest BCUT2D eigenvalue weighted by molar-refractivity contribution is -0.662. The molecule has 0 radical (unpaired) electrons. The Balaban J connectivity index is 1.40. The van der Waals surface area contributed by atoms with E-state index in [2.05, 4.69) is 71.2 Å². The second-order valence-corrected chi connectivity index (χ2v) is 11.1. The van der Waals surface area contributed by atoms with Crippen LogP contribution in [0.5, 0.6) is 5.75 Å². The van der Waals surface area contributed by atoms with Gasteiger partial charge in [0.15, 0.2) is 0 Å². The molecule has 40 heavy (non-hydrogen) atoms. The SMILES string of the molecule is CC(C)(C)c1ccc(-[n+]2[nH]c(-c3ccncc3)cc2CCCCC(=O)N[C@@H](Cc2ccc(O)cc2)C(N)=O)cc1. The number of carbonyl (C=O) groups excluding carboxylic acids is 2. The Morgan fingerprint density at radius 1 is 1.00 bits per heavy atom. The predicted molar refractivity (Wildman–Crippen MR) is 155 cm³/mol. The summed E-state index contributed by atoms with van der Waals surface area (Å²) in [6, 6.07) is 20.4. The van der Waals surface area contributed by atoms with Crippen LogP contribution in [0, 0.1) is 0 Å². The molecule has 208 valence electrons. The first-order valence-electron chi connectivity index (χ1n) is 13.6. The quantitative estimate of drug-likeness (QED) is 0.167. The summed E-state index contributed by atoms with van der Waals surface area (Å²) in [5, 5.41) is 15.8. The number of nitrogens with zero attached hydrogens (tertiary/aromatic N) is 2. The Kier molecular flexibility index (Phi) is 8.99. The summed E-state index contributed by atoms with van der Waals surface area (Å²) >= 11 is 0. The van der Waals surface area contributed by atoms with Crippen LogP contribution in [-0.2, 0) is 27.8 Å². The van der Waals surface area contributed by atoms with Crippen LogP contribution < -0.4 is 15.7 Å². The largest absolute Gasteiger partial charge is 0.508 e. The van der Waals surface area contributed by atoms with Crippen molar-refractivity contribution in [3.8, 4) is 22.7 Å². The molecule has 0 spiro atoms. The number of hydrogen-bond acceptors (Lipinski definition) is 4. The number of nitrogens with two attached hydrogens (primary N) is 1. The maximum atomic E-state index is 12.6. The molecule has 0 aliphatic carbocycles. The van der Waals surface area contributed by atoms with Gasteiger partial charge in [-0.05, 0) is 53.6 Å². The number of aryl methyl sites for hydroxylation is 1. The number of pyridine rings is 1. The highest BCUT2D eigenvalue weighted by Crippen LogP contribution is 2.23. The van der Waals surface area contributed by atoms with Gasteiger partial charge in [0.25, 0.3) is 0 Å². The van der Waals surface area contributed by atoms with Crippen molar-refractivity contribution < 1.29 is 19.4 Å². The minimum Gasteiger partial charge on any atom is -0.508 e. The molecule has 0 saturated heterocycles.